The van der Waals surface area contributed by atoms with Crippen LogP contribution in [-0.4, -0.2) is 26.1 Å². The van der Waals surface area contributed by atoms with Crippen molar-refractivity contribution >= 4 is 5.78 Å². The van der Waals surface area contributed by atoms with E-state index in [2.05, 4.69) is 0 Å². The second-order valence-corrected chi connectivity index (χ2v) is 5.00. The van der Waals surface area contributed by atoms with Crippen molar-refractivity contribution in [2.75, 3.05) is 14.2 Å². The maximum absolute atomic E-state index is 11.8. The number of benzene rings is 1. The summed E-state index contributed by atoms with van der Waals surface area (Å²) in [5, 5.41) is 0. The summed E-state index contributed by atoms with van der Waals surface area (Å²) < 4.78 is 16.6. The summed E-state index contributed by atoms with van der Waals surface area (Å²) in [6.45, 7) is 3.96. The second-order valence-electron chi connectivity index (χ2n) is 5.00. The first-order valence-corrected chi connectivity index (χ1v) is 6.47. The van der Waals surface area contributed by atoms with Crippen LogP contribution in [0.1, 0.15) is 26.7 Å². The van der Waals surface area contributed by atoms with Crippen LogP contribution in [0.25, 0.3) is 0 Å². The Bertz CT molecular complexity index is 461. The van der Waals surface area contributed by atoms with E-state index in [-0.39, 0.29) is 11.9 Å². The van der Waals surface area contributed by atoms with E-state index in [0.717, 1.165) is 6.42 Å². The number of methoxy groups -OCH3 is 2. The van der Waals surface area contributed by atoms with Crippen LogP contribution in [0.15, 0.2) is 18.2 Å². The fourth-order valence-electron chi connectivity index (χ4n) is 2.35. The molecule has 0 amide bonds. The van der Waals surface area contributed by atoms with Gasteiger partial charge in [-0.1, -0.05) is 13.0 Å². The molecule has 1 fully saturated rings. The molecule has 4 heteroatoms. The van der Waals surface area contributed by atoms with Gasteiger partial charge >= 0.3 is 0 Å². The van der Waals surface area contributed by atoms with Gasteiger partial charge in [0.25, 0.3) is 0 Å². The van der Waals surface area contributed by atoms with Crippen molar-refractivity contribution in [1.82, 2.24) is 0 Å². The average molecular weight is 264 g/mol. The van der Waals surface area contributed by atoms with Gasteiger partial charge in [-0.15, -0.1) is 0 Å². The van der Waals surface area contributed by atoms with Crippen molar-refractivity contribution in [1.29, 1.82) is 0 Å². The topological polar surface area (TPSA) is 44.8 Å². The lowest BCUT2D eigenvalue weighted by Crippen LogP contribution is -2.54. The van der Waals surface area contributed by atoms with Crippen LogP contribution in [0.4, 0.5) is 0 Å². The summed E-state index contributed by atoms with van der Waals surface area (Å²) >= 11 is 0. The van der Waals surface area contributed by atoms with Gasteiger partial charge in [0.2, 0.25) is 5.75 Å². The second kappa shape index (κ2) is 5.11. The van der Waals surface area contributed by atoms with Crippen LogP contribution in [0.5, 0.6) is 17.2 Å². The Labute approximate surface area is 113 Å². The summed E-state index contributed by atoms with van der Waals surface area (Å²) in [4.78, 5) is 11.8. The third-order valence-corrected chi connectivity index (χ3v) is 4.10. The fourth-order valence-corrected chi connectivity index (χ4v) is 2.35. The highest BCUT2D eigenvalue weighted by Crippen LogP contribution is 2.46. The average Bonchev–Trinajstić information content (AvgIpc) is 2.45. The molecule has 0 aromatic heterocycles. The van der Waals surface area contributed by atoms with Gasteiger partial charge in [-0.05, 0) is 25.5 Å². The highest BCUT2D eigenvalue weighted by atomic mass is 16.5. The number of hydrogen-bond donors (Lipinski definition) is 0. The molecule has 2 rings (SSSR count). The molecule has 0 saturated heterocycles. The Hall–Kier alpha value is -1.71. The van der Waals surface area contributed by atoms with E-state index < -0.39 is 5.41 Å². The standard InChI is InChI=1S/C15H20O4/c1-5-15(2)12(16)9-13(15)19-14-10(17-3)7-6-8-11(14)18-4/h6-8,13H,5,9H2,1-4H3. The van der Waals surface area contributed by atoms with Gasteiger partial charge in [0.15, 0.2) is 11.5 Å². The third kappa shape index (κ3) is 2.15. The molecule has 0 heterocycles. The van der Waals surface area contributed by atoms with Crippen molar-refractivity contribution in [2.45, 2.75) is 32.8 Å². The minimum atomic E-state index is -0.397. The first-order valence-electron chi connectivity index (χ1n) is 6.47. The predicted molar refractivity (Wildman–Crippen MR) is 72.0 cm³/mol. The first kappa shape index (κ1) is 13.7. The van der Waals surface area contributed by atoms with Crippen LogP contribution < -0.4 is 14.2 Å². The SMILES string of the molecule is CCC1(C)C(=O)CC1Oc1c(OC)cccc1OC. The number of rotatable bonds is 5. The van der Waals surface area contributed by atoms with Gasteiger partial charge in [0, 0.05) is 6.42 Å². The molecule has 2 unspecified atom stereocenters. The van der Waals surface area contributed by atoms with Gasteiger partial charge < -0.3 is 14.2 Å². The molecule has 4 nitrogen and oxygen atoms in total. The Morgan fingerprint density at radius 3 is 2.26 bits per heavy atom. The van der Waals surface area contributed by atoms with Crippen LogP contribution in [0.2, 0.25) is 0 Å². The summed E-state index contributed by atoms with van der Waals surface area (Å²) in [5.74, 6) is 2.08. The van der Waals surface area contributed by atoms with Crippen molar-refractivity contribution < 1.29 is 19.0 Å². The summed E-state index contributed by atoms with van der Waals surface area (Å²) in [6, 6.07) is 5.48. The minimum Gasteiger partial charge on any atom is -0.493 e. The zero-order valence-electron chi connectivity index (χ0n) is 11.9. The van der Waals surface area contributed by atoms with E-state index >= 15 is 0 Å². The number of carbonyl (C=O) groups excluding carboxylic acids is 1. The van der Waals surface area contributed by atoms with Crippen LogP contribution in [-0.2, 0) is 4.79 Å². The number of ketones is 1. The largest absolute Gasteiger partial charge is 0.493 e. The monoisotopic (exact) mass is 264 g/mol. The molecular formula is C15H20O4. The number of hydrogen-bond acceptors (Lipinski definition) is 4. The van der Waals surface area contributed by atoms with E-state index in [1.165, 1.54) is 0 Å². The maximum atomic E-state index is 11.8. The Morgan fingerprint density at radius 2 is 1.84 bits per heavy atom. The van der Waals surface area contributed by atoms with Gasteiger partial charge in [-0.25, -0.2) is 0 Å². The summed E-state index contributed by atoms with van der Waals surface area (Å²) in [6.07, 6.45) is 1.11. The number of carbonyl (C=O) groups is 1. The van der Waals surface area contributed by atoms with Crippen molar-refractivity contribution in [3.05, 3.63) is 18.2 Å². The predicted octanol–water partition coefficient (Wildman–Crippen LogP) is 2.84. The first-order chi connectivity index (χ1) is 9.06. The van der Waals surface area contributed by atoms with E-state index in [1.807, 2.05) is 32.0 Å². The molecule has 0 spiro atoms. The number of ether oxygens (including phenoxy) is 3. The Morgan fingerprint density at radius 1 is 1.26 bits per heavy atom. The Balaban J connectivity index is 2.27. The molecule has 1 aliphatic carbocycles. The molecular weight excluding hydrogens is 244 g/mol. The van der Waals surface area contributed by atoms with Gasteiger partial charge in [-0.3, -0.25) is 4.79 Å². The molecule has 1 aliphatic rings. The fraction of sp³-hybridized carbons (Fsp3) is 0.533. The molecule has 0 aliphatic heterocycles. The van der Waals surface area contributed by atoms with E-state index in [0.29, 0.717) is 23.7 Å². The zero-order valence-corrected chi connectivity index (χ0v) is 11.9. The van der Waals surface area contributed by atoms with Crippen LogP contribution >= 0.6 is 0 Å². The van der Waals surface area contributed by atoms with Crippen molar-refractivity contribution in [3.63, 3.8) is 0 Å². The van der Waals surface area contributed by atoms with Gasteiger partial charge in [0.05, 0.1) is 19.6 Å². The lowest BCUT2D eigenvalue weighted by Gasteiger charge is -2.44. The highest BCUT2D eigenvalue weighted by Gasteiger charge is 2.52. The van der Waals surface area contributed by atoms with Crippen LogP contribution in [0.3, 0.4) is 0 Å². The third-order valence-electron chi connectivity index (χ3n) is 4.10. The summed E-state index contributed by atoms with van der Waals surface area (Å²) in [7, 11) is 3.18. The van der Waals surface area contributed by atoms with E-state index in [9.17, 15) is 4.79 Å². The van der Waals surface area contributed by atoms with E-state index in [4.69, 9.17) is 14.2 Å². The van der Waals surface area contributed by atoms with E-state index in [1.54, 1.807) is 14.2 Å². The number of Topliss-reactive ketones (excluding diaryl/α,β-unsaturated/α-hetero) is 1. The molecule has 19 heavy (non-hydrogen) atoms. The maximum Gasteiger partial charge on any atom is 0.203 e. The van der Waals surface area contributed by atoms with Crippen LogP contribution in [0, 0.1) is 5.41 Å². The zero-order chi connectivity index (χ0) is 14.0. The molecule has 1 saturated carbocycles. The minimum absolute atomic E-state index is 0.116. The van der Waals surface area contributed by atoms with Crippen molar-refractivity contribution in [3.8, 4) is 17.2 Å². The molecule has 2 atom stereocenters. The summed E-state index contributed by atoms with van der Waals surface area (Å²) in [5.41, 5.74) is -0.397. The smallest absolute Gasteiger partial charge is 0.203 e. The Kier molecular flexibility index (Phi) is 3.69. The number of para-hydroxylation sites is 1. The molecule has 0 N–H and O–H groups in total. The lowest BCUT2D eigenvalue weighted by molar-refractivity contribution is -0.150. The molecule has 0 bridgehead atoms. The quantitative estimate of drug-likeness (QED) is 0.820. The lowest BCUT2D eigenvalue weighted by atomic mass is 9.64. The molecule has 1 aromatic rings. The normalized spacial score (nSPS) is 25.7. The molecule has 0 radical (unpaired) electrons. The van der Waals surface area contributed by atoms with Gasteiger partial charge in [0.1, 0.15) is 11.9 Å². The van der Waals surface area contributed by atoms with Gasteiger partial charge in [-0.2, -0.15) is 0 Å². The van der Waals surface area contributed by atoms with Crippen molar-refractivity contribution in [2.24, 2.45) is 5.41 Å². The molecule has 104 valence electrons. The highest BCUT2D eigenvalue weighted by molar-refractivity contribution is 5.92. The molecule has 1 aromatic carbocycles.